The molecule has 0 aromatic heterocycles. The second-order valence-electron chi connectivity index (χ2n) is 6.85. The van der Waals surface area contributed by atoms with Crippen molar-refractivity contribution in [3.05, 3.63) is 0 Å². The summed E-state index contributed by atoms with van der Waals surface area (Å²) in [5.74, 6) is 1.76. The Balaban J connectivity index is 2.53. The molecule has 1 aliphatic rings. The van der Waals surface area contributed by atoms with Gasteiger partial charge in [-0.3, -0.25) is 0 Å². The quantitative estimate of drug-likeness (QED) is 0.713. The third kappa shape index (κ3) is 4.62. The van der Waals surface area contributed by atoms with E-state index in [0.29, 0.717) is 5.41 Å². The van der Waals surface area contributed by atoms with Crippen molar-refractivity contribution in [1.82, 2.24) is 5.32 Å². The Hall–Kier alpha value is -0.0400. The van der Waals surface area contributed by atoms with Crippen molar-refractivity contribution < 1.29 is 0 Å². The van der Waals surface area contributed by atoms with E-state index in [1.807, 2.05) is 0 Å². The summed E-state index contributed by atoms with van der Waals surface area (Å²) < 4.78 is 0. The van der Waals surface area contributed by atoms with Gasteiger partial charge in [-0.25, -0.2) is 0 Å². The zero-order chi connectivity index (χ0) is 12.9. The maximum absolute atomic E-state index is 3.76. The van der Waals surface area contributed by atoms with Gasteiger partial charge in [0.2, 0.25) is 0 Å². The molecule has 2 unspecified atom stereocenters. The van der Waals surface area contributed by atoms with Crippen LogP contribution in [0.4, 0.5) is 0 Å². The first kappa shape index (κ1) is 15.0. The van der Waals surface area contributed by atoms with Crippen molar-refractivity contribution >= 4 is 0 Å². The highest BCUT2D eigenvalue weighted by atomic mass is 14.9. The van der Waals surface area contributed by atoms with Gasteiger partial charge >= 0.3 is 0 Å². The lowest BCUT2D eigenvalue weighted by Gasteiger charge is -2.40. The van der Waals surface area contributed by atoms with E-state index >= 15 is 0 Å². The Morgan fingerprint density at radius 3 is 2.24 bits per heavy atom. The Morgan fingerprint density at radius 2 is 1.76 bits per heavy atom. The van der Waals surface area contributed by atoms with Crippen molar-refractivity contribution in [3.63, 3.8) is 0 Å². The molecule has 1 saturated carbocycles. The lowest BCUT2D eigenvalue weighted by molar-refractivity contribution is 0.137. The molecule has 0 aromatic rings. The van der Waals surface area contributed by atoms with Crippen molar-refractivity contribution in [1.29, 1.82) is 0 Å². The minimum atomic E-state index is 0.598. The van der Waals surface area contributed by atoms with Crippen LogP contribution in [0.25, 0.3) is 0 Å². The van der Waals surface area contributed by atoms with E-state index < -0.39 is 0 Å². The summed E-state index contributed by atoms with van der Waals surface area (Å²) >= 11 is 0. The molecule has 0 spiro atoms. The zero-order valence-electron chi connectivity index (χ0n) is 12.7. The van der Waals surface area contributed by atoms with Gasteiger partial charge in [0.05, 0.1) is 0 Å². The minimum absolute atomic E-state index is 0.598. The Labute approximate surface area is 109 Å². The first-order valence-corrected chi connectivity index (χ1v) is 7.73. The van der Waals surface area contributed by atoms with Crippen molar-refractivity contribution in [3.8, 4) is 0 Å². The minimum Gasteiger partial charge on any atom is -0.314 e. The van der Waals surface area contributed by atoms with Crippen LogP contribution in [0.2, 0.25) is 0 Å². The van der Waals surface area contributed by atoms with Crippen LogP contribution in [-0.2, 0) is 0 Å². The van der Waals surface area contributed by atoms with Crippen LogP contribution >= 0.6 is 0 Å². The summed E-state index contributed by atoms with van der Waals surface area (Å²) in [6.45, 7) is 13.0. The zero-order valence-corrected chi connectivity index (χ0v) is 12.7. The Kier molecular flexibility index (Phi) is 5.99. The maximum Gasteiger partial charge on any atom is 0.0121 e. The van der Waals surface area contributed by atoms with Crippen LogP contribution < -0.4 is 5.32 Å². The molecule has 0 amide bonds. The average molecular weight is 239 g/mol. The smallest absolute Gasteiger partial charge is 0.0121 e. The average Bonchev–Trinajstić information content (AvgIpc) is 2.27. The molecule has 1 N–H and O–H groups in total. The lowest BCUT2D eigenvalue weighted by Crippen LogP contribution is -2.43. The van der Waals surface area contributed by atoms with Gasteiger partial charge < -0.3 is 5.32 Å². The molecule has 1 nitrogen and oxygen atoms in total. The Bertz CT molecular complexity index is 200. The highest BCUT2D eigenvalue weighted by Gasteiger charge is 2.32. The van der Waals surface area contributed by atoms with Crippen molar-refractivity contribution in [2.45, 2.75) is 79.2 Å². The highest BCUT2D eigenvalue weighted by molar-refractivity contribution is 4.87. The second-order valence-corrected chi connectivity index (χ2v) is 6.85. The third-order valence-electron chi connectivity index (χ3n) is 4.69. The summed E-state index contributed by atoms with van der Waals surface area (Å²) in [4.78, 5) is 0. The summed E-state index contributed by atoms with van der Waals surface area (Å²) in [5.41, 5.74) is 0.598. The fourth-order valence-electron chi connectivity index (χ4n) is 3.48. The molecular weight excluding hydrogens is 206 g/mol. The fraction of sp³-hybridized carbons (Fsp3) is 1.00. The van der Waals surface area contributed by atoms with Gasteiger partial charge in [0, 0.05) is 6.04 Å². The molecule has 17 heavy (non-hydrogen) atoms. The molecule has 1 heteroatoms. The molecule has 0 aliphatic heterocycles. The number of hydrogen-bond donors (Lipinski definition) is 1. The van der Waals surface area contributed by atoms with Crippen LogP contribution in [0.5, 0.6) is 0 Å². The maximum atomic E-state index is 3.76. The highest BCUT2D eigenvalue weighted by Crippen LogP contribution is 2.40. The van der Waals surface area contributed by atoms with Gasteiger partial charge in [0.1, 0.15) is 0 Å². The molecule has 2 atom stereocenters. The summed E-state index contributed by atoms with van der Waals surface area (Å²) in [6.07, 6.45) is 8.38. The topological polar surface area (TPSA) is 12.0 Å². The van der Waals surface area contributed by atoms with E-state index in [-0.39, 0.29) is 0 Å². The normalized spacial score (nSPS) is 24.5. The second kappa shape index (κ2) is 6.78. The van der Waals surface area contributed by atoms with E-state index in [9.17, 15) is 0 Å². The predicted octanol–water partition coefficient (Wildman–Crippen LogP) is 4.62. The first-order valence-electron chi connectivity index (χ1n) is 7.73. The van der Waals surface area contributed by atoms with E-state index in [1.165, 1.54) is 38.5 Å². The van der Waals surface area contributed by atoms with Gasteiger partial charge in [0.15, 0.2) is 0 Å². The van der Waals surface area contributed by atoms with Gasteiger partial charge in [-0.2, -0.15) is 0 Å². The monoisotopic (exact) mass is 239 g/mol. The molecule has 0 aromatic carbocycles. The van der Waals surface area contributed by atoms with Gasteiger partial charge in [-0.1, -0.05) is 41.0 Å². The first-order chi connectivity index (χ1) is 8.00. The van der Waals surface area contributed by atoms with E-state index in [0.717, 1.165) is 24.4 Å². The van der Waals surface area contributed by atoms with Gasteiger partial charge in [-0.05, 0) is 55.9 Å². The summed E-state index contributed by atoms with van der Waals surface area (Å²) in [5, 5.41) is 3.76. The molecule has 1 fully saturated rings. The standard InChI is InChI=1S/C16H33N/c1-6-8-13(3)15(17-7-2)14-9-11-16(4,5)12-10-14/h13-15,17H,6-12H2,1-5H3. The Morgan fingerprint density at radius 1 is 1.18 bits per heavy atom. The lowest BCUT2D eigenvalue weighted by atomic mass is 9.69. The van der Waals surface area contributed by atoms with Crippen LogP contribution in [-0.4, -0.2) is 12.6 Å². The molecule has 1 aliphatic carbocycles. The van der Waals surface area contributed by atoms with Crippen LogP contribution in [0.3, 0.4) is 0 Å². The van der Waals surface area contributed by atoms with Gasteiger partial charge in [-0.15, -0.1) is 0 Å². The van der Waals surface area contributed by atoms with Crippen LogP contribution in [0.1, 0.15) is 73.1 Å². The molecule has 0 radical (unpaired) electrons. The van der Waals surface area contributed by atoms with Gasteiger partial charge in [0.25, 0.3) is 0 Å². The number of nitrogens with one attached hydrogen (secondary N) is 1. The van der Waals surface area contributed by atoms with Crippen LogP contribution in [0.15, 0.2) is 0 Å². The third-order valence-corrected chi connectivity index (χ3v) is 4.69. The number of rotatable bonds is 6. The summed E-state index contributed by atoms with van der Waals surface area (Å²) in [7, 11) is 0. The molecule has 0 saturated heterocycles. The largest absolute Gasteiger partial charge is 0.314 e. The fourth-order valence-corrected chi connectivity index (χ4v) is 3.48. The van der Waals surface area contributed by atoms with E-state index in [4.69, 9.17) is 0 Å². The molecule has 0 bridgehead atoms. The molecular formula is C16H33N. The van der Waals surface area contributed by atoms with Crippen LogP contribution in [0, 0.1) is 17.3 Å². The SMILES string of the molecule is CCCC(C)C(NCC)C1CCC(C)(C)CC1. The van der Waals surface area contributed by atoms with E-state index in [2.05, 4.69) is 39.9 Å². The number of hydrogen-bond acceptors (Lipinski definition) is 1. The predicted molar refractivity (Wildman–Crippen MR) is 77.3 cm³/mol. The molecule has 102 valence electrons. The molecule has 1 rings (SSSR count). The molecule has 0 heterocycles. The van der Waals surface area contributed by atoms with Crippen molar-refractivity contribution in [2.75, 3.05) is 6.54 Å². The van der Waals surface area contributed by atoms with Crippen molar-refractivity contribution in [2.24, 2.45) is 17.3 Å². The summed E-state index contributed by atoms with van der Waals surface area (Å²) in [6, 6.07) is 0.760. The van der Waals surface area contributed by atoms with E-state index in [1.54, 1.807) is 0 Å².